The van der Waals surface area contributed by atoms with Crippen molar-refractivity contribution in [3.63, 3.8) is 0 Å². The van der Waals surface area contributed by atoms with Crippen molar-refractivity contribution in [1.82, 2.24) is 9.78 Å². The van der Waals surface area contributed by atoms with Gasteiger partial charge in [0.05, 0.1) is 30.7 Å². The fourth-order valence-electron chi connectivity index (χ4n) is 1.92. The summed E-state index contributed by atoms with van der Waals surface area (Å²) < 4.78 is 7.07. The molecule has 6 heteroatoms. The van der Waals surface area contributed by atoms with Crippen molar-refractivity contribution in [1.29, 1.82) is 0 Å². The maximum Gasteiger partial charge on any atom is 0.339 e. The van der Waals surface area contributed by atoms with Crippen LogP contribution in [-0.2, 0) is 13.6 Å². The summed E-state index contributed by atoms with van der Waals surface area (Å²) in [5.41, 5.74) is 1.64. The summed E-state index contributed by atoms with van der Waals surface area (Å²) >= 11 is 0. The van der Waals surface area contributed by atoms with E-state index in [4.69, 9.17) is 9.84 Å². The number of nitrogens with zero attached hydrogens (tertiary/aromatic N) is 2. The smallest absolute Gasteiger partial charge is 0.339 e. The maximum atomic E-state index is 11.1. The standard InChI is InChI=1S/C14H17N3O3/c1-3-20-13-7-5-4-6-11(13)15-9-12-10(14(18)19)8-16-17(12)2/h4-8,15H,3,9H2,1-2H3,(H,18,19). The van der Waals surface area contributed by atoms with Gasteiger partial charge in [-0.1, -0.05) is 12.1 Å². The average molecular weight is 275 g/mol. The molecule has 0 fully saturated rings. The molecule has 2 aromatic rings. The highest BCUT2D eigenvalue weighted by atomic mass is 16.5. The van der Waals surface area contributed by atoms with Gasteiger partial charge in [-0.05, 0) is 19.1 Å². The lowest BCUT2D eigenvalue weighted by atomic mass is 10.2. The van der Waals surface area contributed by atoms with Crippen molar-refractivity contribution in [2.24, 2.45) is 7.05 Å². The number of nitrogens with one attached hydrogen (secondary N) is 1. The van der Waals surface area contributed by atoms with Gasteiger partial charge < -0.3 is 15.2 Å². The minimum atomic E-state index is -0.979. The van der Waals surface area contributed by atoms with Crippen LogP contribution >= 0.6 is 0 Å². The molecular weight excluding hydrogens is 258 g/mol. The van der Waals surface area contributed by atoms with Crippen LogP contribution in [0.25, 0.3) is 0 Å². The fraction of sp³-hybridized carbons (Fsp3) is 0.286. The Morgan fingerprint density at radius 1 is 1.45 bits per heavy atom. The second kappa shape index (κ2) is 6.10. The number of aromatic nitrogens is 2. The maximum absolute atomic E-state index is 11.1. The summed E-state index contributed by atoms with van der Waals surface area (Å²) in [4.78, 5) is 11.1. The first-order valence-corrected chi connectivity index (χ1v) is 6.33. The third-order valence-electron chi connectivity index (χ3n) is 2.93. The number of carboxylic acids is 1. The van der Waals surface area contributed by atoms with E-state index >= 15 is 0 Å². The number of benzene rings is 1. The molecule has 0 saturated carbocycles. The molecule has 0 aliphatic heterocycles. The summed E-state index contributed by atoms with van der Waals surface area (Å²) in [5, 5.41) is 16.3. The minimum Gasteiger partial charge on any atom is -0.492 e. The van der Waals surface area contributed by atoms with E-state index in [1.165, 1.54) is 6.20 Å². The predicted molar refractivity (Wildman–Crippen MR) is 75.1 cm³/mol. The van der Waals surface area contributed by atoms with Crippen LogP contribution in [0.3, 0.4) is 0 Å². The topological polar surface area (TPSA) is 76.4 Å². The molecule has 2 rings (SSSR count). The summed E-state index contributed by atoms with van der Waals surface area (Å²) in [5.74, 6) is -0.234. The quantitative estimate of drug-likeness (QED) is 0.844. The third kappa shape index (κ3) is 2.90. The molecule has 0 aliphatic carbocycles. The molecule has 1 aromatic carbocycles. The van der Waals surface area contributed by atoms with Gasteiger partial charge in [0.15, 0.2) is 0 Å². The number of hydrogen-bond donors (Lipinski definition) is 2. The molecule has 1 heterocycles. The molecule has 0 amide bonds. The number of aryl methyl sites for hydroxylation is 1. The van der Waals surface area contributed by atoms with E-state index in [0.717, 1.165) is 11.4 Å². The number of ether oxygens (including phenoxy) is 1. The summed E-state index contributed by atoms with van der Waals surface area (Å²) in [7, 11) is 1.72. The number of carboxylic acid groups (broad SMARTS) is 1. The summed E-state index contributed by atoms with van der Waals surface area (Å²) in [6.07, 6.45) is 1.35. The lowest BCUT2D eigenvalue weighted by molar-refractivity contribution is 0.0695. The van der Waals surface area contributed by atoms with Gasteiger partial charge in [-0.25, -0.2) is 4.79 Å². The number of anilines is 1. The van der Waals surface area contributed by atoms with Crippen LogP contribution in [0.2, 0.25) is 0 Å². The van der Waals surface area contributed by atoms with Crippen LogP contribution in [0, 0.1) is 0 Å². The Hall–Kier alpha value is -2.50. The SMILES string of the molecule is CCOc1ccccc1NCc1c(C(=O)O)cnn1C. The zero-order valence-corrected chi connectivity index (χ0v) is 11.5. The van der Waals surface area contributed by atoms with Crippen LogP contribution in [0.15, 0.2) is 30.5 Å². The Kier molecular flexibility index (Phi) is 4.24. The monoisotopic (exact) mass is 275 g/mol. The molecule has 0 aliphatic rings. The zero-order chi connectivity index (χ0) is 14.5. The molecule has 1 aromatic heterocycles. The van der Waals surface area contributed by atoms with Crippen LogP contribution in [0.4, 0.5) is 5.69 Å². The first-order chi connectivity index (χ1) is 9.63. The highest BCUT2D eigenvalue weighted by molar-refractivity contribution is 5.88. The van der Waals surface area contributed by atoms with Crippen molar-refractivity contribution < 1.29 is 14.6 Å². The minimum absolute atomic E-state index is 0.203. The molecule has 0 unspecified atom stereocenters. The van der Waals surface area contributed by atoms with E-state index in [-0.39, 0.29) is 5.56 Å². The van der Waals surface area contributed by atoms with Gasteiger partial charge in [0, 0.05) is 7.05 Å². The number of carbonyl (C=O) groups is 1. The van der Waals surface area contributed by atoms with Crippen molar-refractivity contribution in [3.05, 3.63) is 41.7 Å². The summed E-state index contributed by atoms with van der Waals surface area (Å²) in [6.45, 7) is 2.85. The van der Waals surface area contributed by atoms with E-state index in [1.807, 2.05) is 31.2 Å². The van der Waals surface area contributed by atoms with Gasteiger partial charge in [0.25, 0.3) is 0 Å². The molecular formula is C14H17N3O3. The third-order valence-corrected chi connectivity index (χ3v) is 2.93. The number of para-hydroxylation sites is 2. The number of aromatic carboxylic acids is 1. The molecule has 0 radical (unpaired) electrons. The Morgan fingerprint density at radius 2 is 2.20 bits per heavy atom. The average Bonchev–Trinajstić information content (AvgIpc) is 2.79. The predicted octanol–water partition coefficient (Wildman–Crippen LogP) is 2.13. The highest BCUT2D eigenvalue weighted by Gasteiger charge is 2.15. The molecule has 2 N–H and O–H groups in total. The highest BCUT2D eigenvalue weighted by Crippen LogP contribution is 2.24. The van der Waals surface area contributed by atoms with Crippen molar-refractivity contribution >= 4 is 11.7 Å². The Bertz CT molecular complexity index is 607. The molecule has 0 atom stereocenters. The molecule has 0 bridgehead atoms. The van der Waals surface area contributed by atoms with E-state index in [0.29, 0.717) is 18.8 Å². The normalized spacial score (nSPS) is 10.3. The van der Waals surface area contributed by atoms with Gasteiger partial charge >= 0.3 is 5.97 Å². The van der Waals surface area contributed by atoms with Crippen molar-refractivity contribution in [3.8, 4) is 5.75 Å². The Balaban J connectivity index is 2.17. The van der Waals surface area contributed by atoms with Gasteiger partial charge in [-0.3, -0.25) is 4.68 Å². The first-order valence-electron chi connectivity index (χ1n) is 6.33. The second-order valence-electron chi connectivity index (χ2n) is 4.22. The Labute approximate surface area is 117 Å². The van der Waals surface area contributed by atoms with Crippen LogP contribution < -0.4 is 10.1 Å². The van der Waals surface area contributed by atoms with Gasteiger partial charge in [-0.2, -0.15) is 5.10 Å². The largest absolute Gasteiger partial charge is 0.492 e. The van der Waals surface area contributed by atoms with E-state index in [9.17, 15) is 4.79 Å². The first kappa shape index (κ1) is 13.9. The molecule has 20 heavy (non-hydrogen) atoms. The van der Waals surface area contributed by atoms with Crippen LogP contribution in [0.5, 0.6) is 5.75 Å². The molecule has 106 valence electrons. The van der Waals surface area contributed by atoms with Crippen molar-refractivity contribution in [2.45, 2.75) is 13.5 Å². The van der Waals surface area contributed by atoms with Gasteiger partial charge in [0.2, 0.25) is 0 Å². The number of hydrogen-bond acceptors (Lipinski definition) is 4. The van der Waals surface area contributed by atoms with Crippen LogP contribution in [0.1, 0.15) is 23.0 Å². The van der Waals surface area contributed by atoms with Crippen LogP contribution in [-0.4, -0.2) is 27.5 Å². The Morgan fingerprint density at radius 3 is 2.90 bits per heavy atom. The van der Waals surface area contributed by atoms with E-state index in [2.05, 4.69) is 10.4 Å². The lowest BCUT2D eigenvalue weighted by Crippen LogP contribution is -2.10. The van der Waals surface area contributed by atoms with Crippen molar-refractivity contribution in [2.75, 3.05) is 11.9 Å². The zero-order valence-electron chi connectivity index (χ0n) is 11.5. The number of rotatable bonds is 6. The molecule has 0 spiro atoms. The van der Waals surface area contributed by atoms with E-state index in [1.54, 1.807) is 11.7 Å². The fourth-order valence-corrected chi connectivity index (χ4v) is 1.92. The lowest BCUT2D eigenvalue weighted by Gasteiger charge is -2.12. The van der Waals surface area contributed by atoms with Gasteiger partial charge in [-0.15, -0.1) is 0 Å². The molecule has 0 saturated heterocycles. The molecule has 6 nitrogen and oxygen atoms in total. The van der Waals surface area contributed by atoms with E-state index < -0.39 is 5.97 Å². The second-order valence-corrected chi connectivity index (χ2v) is 4.22. The van der Waals surface area contributed by atoms with Gasteiger partial charge in [0.1, 0.15) is 11.3 Å². The summed E-state index contributed by atoms with van der Waals surface area (Å²) in [6, 6.07) is 7.55.